The van der Waals surface area contributed by atoms with E-state index in [0.29, 0.717) is 29.2 Å². The molecular formula is C22H26N2O6S. The van der Waals surface area contributed by atoms with Gasteiger partial charge in [-0.05, 0) is 49.6 Å². The van der Waals surface area contributed by atoms with Crippen molar-refractivity contribution in [2.75, 3.05) is 26.6 Å². The average Bonchev–Trinajstić information content (AvgIpc) is 3.56. The molecule has 1 saturated carbocycles. The van der Waals surface area contributed by atoms with Crippen LogP contribution in [-0.4, -0.2) is 41.7 Å². The minimum absolute atomic E-state index is 0.0276. The lowest BCUT2D eigenvalue weighted by Crippen LogP contribution is -2.26. The molecule has 0 unspecified atom stereocenters. The average molecular weight is 447 g/mol. The van der Waals surface area contributed by atoms with Gasteiger partial charge in [-0.25, -0.2) is 13.1 Å². The number of sulfonamides is 1. The van der Waals surface area contributed by atoms with E-state index in [2.05, 4.69) is 16.6 Å². The normalized spacial score (nSPS) is 13.4. The lowest BCUT2D eigenvalue weighted by Gasteiger charge is -2.16. The van der Waals surface area contributed by atoms with Gasteiger partial charge in [-0.15, -0.1) is 6.58 Å². The fourth-order valence-electron chi connectivity index (χ4n) is 3.12. The molecule has 1 aliphatic carbocycles. The highest BCUT2D eigenvalue weighted by molar-refractivity contribution is 7.89. The number of benzene rings is 2. The fourth-order valence-corrected chi connectivity index (χ4v) is 4.45. The Morgan fingerprint density at radius 3 is 2.39 bits per heavy atom. The molecule has 0 radical (unpaired) electrons. The van der Waals surface area contributed by atoms with Crippen molar-refractivity contribution in [2.24, 2.45) is 0 Å². The zero-order valence-electron chi connectivity index (χ0n) is 17.7. The van der Waals surface area contributed by atoms with Crippen LogP contribution in [0.3, 0.4) is 0 Å². The molecule has 0 atom stereocenters. The Bertz CT molecular complexity index is 1090. The molecule has 0 heterocycles. The van der Waals surface area contributed by atoms with Crippen LogP contribution in [0, 0.1) is 0 Å². The molecule has 3 rings (SSSR count). The van der Waals surface area contributed by atoms with Crippen LogP contribution >= 0.6 is 0 Å². The predicted molar refractivity (Wildman–Crippen MR) is 118 cm³/mol. The summed E-state index contributed by atoms with van der Waals surface area (Å²) >= 11 is 0. The van der Waals surface area contributed by atoms with Gasteiger partial charge in [0.05, 0.1) is 31.9 Å². The van der Waals surface area contributed by atoms with E-state index in [1.165, 1.54) is 39.5 Å². The van der Waals surface area contributed by atoms with Crippen LogP contribution in [0.4, 0.5) is 5.69 Å². The molecule has 9 heteroatoms. The lowest BCUT2D eigenvalue weighted by molar-refractivity contribution is 0.102. The van der Waals surface area contributed by atoms with Crippen molar-refractivity contribution >= 4 is 21.6 Å². The minimum Gasteiger partial charge on any atom is -0.495 e. The highest BCUT2D eigenvalue weighted by atomic mass is 32.2. The molecule has 1 fully saturated rings. The summed E-state index contributed by atoms with van der Waals surface area (Å²) in [7, 11) is 0.774. The van der Waals surface area contributed by atoms with Gasteiger partial charge >= 0.3 is 0 Å². The maximum absolute atomic E-state index is 13.0. The molecule has 166 valence electrons. The Labute approximate surface area is 182 Å². The second-order valence-corrected chi connectivity index (χ2v) is 8.79. The number of anilines is 1. The highest BCUT2D eigenvalue weighted by Gasteiger charge is 2.28. The van der Waals surface area contributed by atoms with E-state index in [9.17, 15) is 13.2 Å². The molecular weight excluding hydrogens is 420 g/mol. The van der Waals surface area contributed by atoms with Gasteiger partial charge in [0, 0.05) is 17.2 Å². The maximum Gasteiger partial charge on any atom is 0.255 e. The third-order valence-electron chi connectivity index (χ3n) is 4.81. The molecule has 8 nitrogen and oxygen atoms in total. The summed E-state index contributed by atoms with van der Waals surface area (Å²) in [5.41, 5.74) is 1.30. The van der Waals surface area contributed by atoms with Crippen molar-refractivity contribution in [3.63, 3.8) is 0 Å². The van der Waals surface area contributed by atoms with E-state index >= 15 is 0 Å². The number of carbonyl (C=O) groups excluding carboxylic acids is 1. The molecule has 1 aliphatic rings. The fraction of sp³-hybridized carbons (Fsp3) is 0.318. The van der Waals surface area contributed by atoms with Crippen molar-refractivity contribution in [1.29, 1.82) is 0 Å². The van der Waals surface area contributed by atoms with Gasteiger partial charge in [-0.1, -0.05) is 6.08 Å². The molecule has 0 aliphatic heterocycles. The quantitative estimate of drug-likeness (QED) is 0.544. The number of amides is 1. The number of methoxy groups -OCH3 is 3. The van der Waals surface area contributed by atoms with E-state index in [0.717, 1.165) is 18.4 Å². The van der Waals surface area contributed by atoms with Crippen molar-refractivity contribution in [1.82, 2.24) is 4.72 Å². The Balaban J connectivity index is 1.94. The summed E-state index contributed by atoms with van der Waals surface area (Å²) in [6.07, 6.45) is 3.82. The first kappa shape index (κ1) is 22.6. The molecule has 2 aromatic rings. The van der Waals surface area contributed by atoms with Crippen molar-refractivity contribution < 1.29 is 27.4 Å². The summed E-state index contributed by atoms with van der Waals surface area (Å²) < 4.78 is 43.8. The molecule has 0 saturated heterocycles. The first-order valence-corrected chi connectivity index (χ1v) is 11.2. The first-order valence-electron chi connectivity index (χ1n) is 9.70. The van der Waals surface area contributed by atoms with E-state index in [1.54, 1.807) is 18.2 Å². The van der Waals surface area contributed by atoms with Crippen molar-refractivity contribution in [2.45, 2.75) is 30.2 Å². The molecule has 0 spiro atoms. The Morgan fingerprint density at radius 2 is 1.81 bits per heavy atom. The molecule has 31 heavy (non-hydrogen) atoms. The summed E-state index contributed by atoms with van der Waals surface area (Å²) in [6.45, 7) is 3.73. The molecule has 0 aromatic heterocycles. The number of hydrogen-bond donors (Lipinski definition) is 2. The Morgan fingerprint density at radius 1 is 1.10 bits per heavy atom. The van der Waals surface area contributed by atoms with Gasteiger partial charge in [-0.2, -0.15) is 0 Å². The van der Waals surface area contributed by atoms with Crippen molar-refractivity contribution in [3.05, 3.63) is 54.1 Å². The standard InChI is InChI=1S/C22H26N2O6S/c1-5-6-14-11-15(12-20(29-3)21(14)30-4)22(25)23-18-13-17(9-10-19(18)28-2)31(26,27)24-16-7-8-16/h5,9-13,16,24H,1,6-8H2,2-4H3,(H,23,25). The van der Waals surface area contributed by atoms with E-state index in [1.807, 2.05) is 0 Å². The number of carbonyl (C=O) groups is 1. The summed E-state index contributed by atoms with van der Waals surface area (Å²) in [5.74, 6) is 0.819. The second-order valence-electron chi connectivity index (χ2n) is 7.08. The van der Waals surface area contributed by atoms with Gasteiger partial charge < -0.3 is 19.5 Å². The monoisotopic (exact) mass is 446 g/mol. The van der Waals surface area contributed by atoms with Crippen LogP contribution in [0.1, 0.15) is 28.8 Å². The number of rotatable bonds is 10. The molecule has 1 amide bonds. The third kappa shape index (κ3) is 5.18. The molecule has 2 aromatic carbocycles. The van der Waals surface area contributed by atoms with Gasteiger partial charge in [0.15, 0.2) is 11.5 Å². The Kier molecular flexibility index (Phi) is 6.87. The van der Waals surface area contributed by atoms with Crippen LogP contribution in [0.15, 0.2) is 47.9 Å². The number of nitrogens with one attached hydrogen (secondary N) is 2. The number of allylic oxidation sites excluding steroid dienone is 1. The van der Waals surface area contributed by atoms with Crippen LogP contribution in [0.2, 0.25) is 0 Å². The van der Waals surface area contributed by atoms with Crippen molar-refractivity contribution in [3.8, 4) is 17.2 Å². The minimum atomic E-state index is -3.68. The third-order valence-corrected chi connectivity index (χ3v) is 6.33. The number of ether oxygens (including phenoxy) is 3. The Hall–Kier alpha value is -3.04. The summed E-state index contributed by atoms with van der Waals surface area (Å²) in [4.78, 5) is 13.1. The molecule has 0 bridgehead atoms. The van der Waals surface area contributed by atoms with E-state index in [-0.39, 0.29) is 16.6 Å². The van der Waals surface area contributed by atoms with Gasteiger partial charge in [0.1, 0.15) is 5.75 Å². The van der Waals surface area contributed by atoms with Crippen LogP contribution < -0.4 is 24.2 Å². The highest BCUT2D eigenvalue weighted by Crippen LogP contribution is 2.34. The molecule has 2 N–H and O–H groups in total. The zero-order valence-corrected chi connectivity index (χ0v) is 18.5. The second kappa shape index (κ2) is 9.40. The van der Waals surface area contributed by atoms with Gasteiger partial charge in [-0.3, -0.25) is 4.79 Å². The summed E-state index contributed by atoms with van der Waals surface area (Å²) in [6, 6.07) is 7.54. The predicted octanol–water partition coefficient (Wildman–Crippen LogP) is 3.13. The smallest absolute Gasteiger partial charge is 0.255 e. The summed E-state index contributed by atoms with van der Waals surface area (Å²) in [5, 5.41) is 2.74. The van der Waals surface area contributed by atoms with Crippen LogP contribution in [0.25, 0.3) is 0 Å². The largest absolute Gasteiger partial charge is 0.495 e. The first-order chi connectivity index (χ1) is 14.8. The maximum atomic E-state index is 13.0. The van der Waals surface area contributed by atoms with E-state index < -0.39 is 15.9 Å². The van der Waals surface area contributed by atoms with E-state index in [4.69, 9.17) is 14.2 Å². The van der Waals surface area contributed by atoms with Gasteiger partial charge in [0.25, 0.3) is 5.91 Å². The zero-order chi connectivity index (χ0) is 22.6. The van der Waals surface area contributed by atoms with Gasteiger partial charge in [0.2, 0.25) is 10.0 Å². The van der Waals surface area contributed by atoms with Crippen LogP contribution in [0.5, 0.6) is 17.2 Å². The lowest BCUT2D eigenvalue weighted by atomic mass is 10.0. The van der Waals surface area contributed by atoms with Crippen LogP contribution in [-0.2, 0) is 16.4 Å². The topological polar surface area (TPSA) is 103 Å². The number of hydrogen-bond acceptors (Lipinski definition) is 6. The SMILES string of the molecule is C=CCc1cc(C(=O)Nc2cc(S(=O)(=O)NC3CC3)ccc2OC)cc(OC)c1OC.